The Hall–Kier alpha value is -3.36. The number of nitrogens with one attached hydrogen (secondary N) is 1. The van der Waals surface area contributed by atoms with Gasteiger partial charge in [0.15, 0.2) is 0 Å². The number of benzene rings is 3. The van der Waals surface area contributed by atoms with Crippen LogP contribution in [0.15, 0.2) is 71.6 Å². The van der Waals surface area contributed by atoms with Crippen LogP contribution in [-0.2, 0) is 16.4 Å². The van der Waals surface area contributed by atoms with E-state index in [1.165, 1.54) is 36.7 Å². The van der Waals surface area contributed by atoms with Crippen LogP contribution < -0.4 is 9.47 Å². The molecule has 1 aromatic heterocycles. The summed E-state index contributed by atoms with van der Waals surface area (Å²) in [5.41, 5.74) is 3.26. The van der Waals surface area contributed by atoms with Gasteiger partial charge in [-0.15, -0.1) is 0 Å². The molecule has 1 aliphatic heterocycles. The number of ether oxygens (including phenoxy) is 2. The van der Waals surface area contributed by atoms with Crippen molar-refractivity contribution in [2.75, 3.05) is 20.8 Å². The minimum Gasteiger partial charge on any atom is -0.497 e. The Morgan fingerprint density at radius 2 is 1.82 bits per heavy atom. The summed E-state index contributed by atoms with van der Waals surface area (Å²) in [6, 6.07) is 17.9. The van der Waals surface area contributed by atoms with E-state index >= 15 is 0 Å². The van der Waals surface area contributed by atoms with Gasteiger partial charge in [-0.25, -0.2) is 12.8 Å². The minimum atomic E-state index is -4.04. The summed E-state index contributed by atoms with van der Waals surface area (Å²) in [6.45, 7) is 0.235. The molecule has 0 aliphatic carbocycles. The lowest BCUT2D eigenvalue weighted by Gasteiger charge is -2.35. The quantitative estimate of drug-likeness (QED) is 0.464. The minimum absolute atomic E-state index is 0.00492. The molecule has 0 fully saturated rings. The lowest BCUT2D eigenvalue weighted by Crippen LogP contribution is -2.40. The Balaban J connectivity index is 1.73. The molecule has 1 N–H and O–H groups in total. The van der Waals surface area contributed by atoms with Gasteiger partial charge >= 0.3 is 0 Å². The largest absolute Gasteiger partial charge is 0.497 e. The molecule has 3 aromatic carbocycles. The third-order valence-electron chi connectivity index (χ3n) is 6.11. The Kier molecular flexibility index (Phi) is 5.34. The van der Waals surface area contributed by atoms with Crippen LogP contribution in [0.1, 0.15) is 22.9 Å². The van der Waals surface area contributed by atoms with Crippen LogP contribution in [0, 0.1) is 5.82 Å². The van der Waals surface area contributed by atoms with E-state index in [0.717, 1.165) is 22.2 Å². The van der Waals surface area contributed by atoms with Gasteiger partial charge in [0.25, 0.3) is 0 Å². The first-order chi connectivity index (χ1) is 15.9. The van der Waals surface area contributed by atoms with Gasteiger partial charge in [0.2, 0.25) is 10.0 Å². The molecule has 1 aliphatic rings. The molecule has 8 heteroatoms. The van der Waals surface area contributed by atoms with E-state index in [1.54, 1.807) is 24.3 Å². The van der Waals surface area contributed by atoms with Gasteiger partial charge < -0.3 is 14.5 Å². The van der Waals surface area contributed by atoms with E-state index in [-0.39, 0.29) is 17.2 Å². The number of methoxy groups -OCH3 is 2. The summed E-state index contributed by atoms with van der Waals surface area (Å²) in [5, 5.41) is 1.05. The molecule has 33 heavy (non-hydrogen) atoms. The number of rotatable bonds is 5. The zero-order chi connectivity index (χ0) is 23.2. The number of aromatic amines is 1. The zero-order valence-corrected chi connectivity index (χ0v) is 19.0. The second-order valence-corrected chi connectivity index (χ2v) is 9.76. The SMILES string of the molecule is COc1ccc(OC)c(S(=O)(=O)N2CCc3c([nH]c4ccccc34)[C@@H]2c2cccc(F)c2)c1. The number of nitrogens with zero attached hydrogens (tertiary/aromatic N) is 1. The van der Waals surface area contributed by atoms with Crippen LogP contribution in [0.5, 0.6) is 11.5 Å². The van der Waals surface area contributed by atoms with Gasteiger partial charge in [-0.1, -0.05) is 30.3 Å². The average Bonchev–Trinajstić information content (AvgIpc) is 3.21. The van der Waals surface area contributed by atoms with Crippen LogP contribution >= 0.6 is 0 Å². The van der Waals surface area contributed by atoms with Gasteiger partial charge in [-0.2, -0.15) is 4.31 Å². The topological polar surface area (TPSA) is 71.6 Å². The predicted octanol–water partition coefficient (Wildman–Crippen LogP) is 4.66. The van der Waals surface area contributed by atoms with Crippen LogP contribution in [0.25, 0.3) is 10.9 Å². The maximum atomic E-state index is 14.3. The van der Waals surface area contributed by atoms with Crippen molar-refractivity contribution in [3.63, 3.8) is 0 Å². The fourth-order valence-corrected chi connectivity index (χ4v) is 6.36. The molecule has 0 radical (unpaired) electrons. The summed E-state index contributed by atoms with van der Waals surface area (Å²) >= 11 is 0. The first kappa shape index (κ1) is 21.5. The molecule has 0 unspecified atom stereocenters. The normalized spacial score (nSPS) is 16.5. The highest BCUT2D eigenvalue weighted by atomic mass is 32.2. The van der Waals surface area contributed by atoms with Crippen molar-refractivity contribution in [3.05, 3.63) is 89.4 Å². The van der Waals surface area contributed by atoms with Gasteiger partial charge in [0.05, 0.1) is 20.3 Å². The van der Waals surface area contributed by atoms with Crippen LogP contribution in [0.3, 0.4) is 0 Å². The second kappa shape index (κ2) is 8.20. The summed E-state index contributed by atoms with van der Waals surface area (Å²) in [5.74, 6) is 0.197. The van der Waals surface area contributed by atoms with E-state index in [2.05, 4.69) is 4.98 Å². The molecular formula is C25H23FN2O4S. The number of fused-ring (bicyclic) bond motifs is 3. The number of hydrogen-bond acceptors (Lipinski definition) is 4. The maximum absolute atomic E-state index is 14.3. The summed E-state index contributed by atoms with van der Waals surface area (Å²) < 4.78 is 54.3. The lowest BCUT2D eigenvalue weighted by atomic mass is 9.94. The first-order valence-electron chi connectivity index (χ1n) is 10.5. The number of para-hydroxylation sites is 1. The molecule has 0 saturated carbocycles. The van der Waals surface area contributed by atoms with E-state index in [4.69, 9.17) is 9.47 Å². The molecule has 0 bridgehead atoms. The summed E-state index contributed by atoms with van der Waals surface area (Å²) in [7, 11) is -1.14. The van der Waals surface area contributed by atoms with Crippen LogP contribution in [0.4, 0.5) is 4.39 Å². The maximum Gasteiger partial charge on any atom is 0.247 e. The van der Waals surface area contributed by atoms with E-state index in [9.17, 15) is 12.8 Å². The van der Waals surface area contributed by atoms with Crippen molar-refractivity contribution in [3.8, 4) is 11.5 Å². The number of hydrogen-bond donors (Lipinski definition) is 1. The third-order valence-corrected chi connectivity index (χ3v) is 8.00. The zero-order valence-electron chi connectivity index (χ0n) is 18.2. The molecule has 5 rings (SSSR count). The van der Waals surface area contributed by atoms with Crippen molar-refractivity contribution in [2.24, 2.45) is 0 Å². The van der Waals surface area contributed by atoms with Crippen molar-refractivity contribution in [1.82, 2.24) is 9.29 Å². The molecule has 4 aromatic rings. The van der Waals surface area contributed by atoms with Crippen molar-refractivity contribution >= 4 is 20.9 Å². The smallest absolute Gasteiger partial charge is 0.247 e. The Labute approximate surface area is 191 Å². The first-order valence-corrected chi connectivity index (χ1v) is 12.0. The molecular weight excluding hydrogens is 443 g/mol. The molecule has 2 heterocycles. The number of sulfonamides is 1. The van der Waals surface area contributed by atoms with Crippen LogP contribution in [-0.4, -0.2) is 38.5 Å². The Bertz CT molecular complexity index is 1450. The van der Waals surface area contributed by atoms with Crippen molar-refractivity contribution in [1.29, 1.82) is 0 Å². The highest BCUT2D eigenvalue weighted by Gasteiger charge is 2.40. The fourth-order valence-electron chi connectivity index (χ4n) is 4.60. The Morgan fingerprint density at radius 1 is 1.00 bits per heavy atom. The van der Waals surface area contributed by atoms with E-state index < -0.39 is 21.9 Å². The van der Waals surface area contributed by atoms with Crippen molar-refractivity contribution in [2.45, 2.75) is 17.4 Å². The number of aromatic nitrogens is 1. The number of halogens is 1. The molecule has 0 spiro atoms. The molecule has 0 saturated heterocycles. The van der Waals surface area contributed by atoms with Gasteiger partial charge in [0, 0.05) is 29.2 Å². The van der Waals surface area contributed by atoms with Crippen LogP contribution in [0.2, 0.25) is 0 Å². The molecule has 170 valence electrons. The van der Waals surface area contributed by atoms with E-state index in [1.807, 2.05) is 24.3 Å². The monoisotopic (exact) mass is 466 g/mol. The standard InChI is InChI=1S/C25H23FN2O4S/c1-31-18-10-11-22(32-2)23(15-18)33(29,30)28-13-12-20-19-8-3-4-9-21(19)27-24(20)25(28)16-6-5-7-17(26)14-16/h3-11,14-15,25,27H,12-13H2,1-2H3/t25-/m0/s1. The third kappa shape index (κ3) is 3.55. The highest BCUT2D eigenvalue weighted by Crippen LogP contribution is 2.42. The van der Waals surface area contributed by atoms with E-state index in [0.29, 0.717) is 17.7 Å². The highest BCUT2D eigenvalue weighted by molar-refractivity contribution is 7.89. The molecule has 0 amide bonds. The molecule has 6 nitrogen and oxygen atoms in total. The summed E-state index contributed by atoms with van der Waals surface area (Å²) in [6.07, 6.45) is 0.524. The van der Waals surface area contributed by atoms with Crippen molar-refractivity contribution < 1.29 is 22.3 Å². The predicted molar refractivity (Wildman–Crippen MR) is 124 cm³/mol. The number of H-pyrrole nitrogens is 1. The Morgan fingerprint density at radius 3 is 2.58 bits per heavy atom. The van der Waals surface area contributed by atoms with Gasteiger partial charge in [-0.05, 0) is 47.9 Å². The fraction of sp³-hybridized carbons (Fsp3) is 0.200. The lowest BCUT2D eigenvalue weighted by molar-refractivity contribution is 0.335. The second-order valence-electron chi connectivity index (χ2n) is 7.90. The van der Waals surface area contributed by atoms with Gasteiger partial charge in [0.1, 0.15) is 22.2 Å². The van der Waals surface area contributed by atoms with Gasteiger partial charge in [-0.3, -0.25) is 0 Å². The average molecular weight is 467 g/mol. The summed E-state index contributed by atoms with van der Waals surface area (Å²) in [4.78, 5) is 3.41. The molecule has 1 atom stereocenters.